The maximum atomic E-state index is 11.3. The minimum Gasteiger partial charge on any atom is -0.377 e. The van der Waals surface area contributed by atoms with Crippen molar-refractivity contribution in [1.82, 2.24) is 19.8 Å². The maximum Gasteiger partial charge on any atom is 0.352 e. The van der Waals surface area contributed by atoms with Crippen LogP contribution in [0, 0.1) is 6.92 Å². The van der Waals surface area contributed by atoms with E-state index >= 15 is 0 Å². The molecule has 2 amide bonds. The quantitative estimate of drug-likeness (QED) is 0.599. The Kier molecular flexibility index (Phi) is 5.34. The molecule has 1 unspecified atom stereocenters. The second-order valence-electron chi connectivity index (χ2n) is 2.96. The molecule has 11 heteroatoms. The Balaban J connectivity index is 3.19. The lowest BCUT2D eigenvalue weighted by Gasteiger charge is -2.14. The Bertz CT molecular complexity index is 473. The lowest BCUT2D eigenvalue weighted by molar-refractivity contribution is 0.177. The van der Waals surface area contributed by atoms with E-state index in [1.165, 1.54) is 7.11 Å². The summed E-state index contributed by atoms with van der Waals surface area (Å²) in [6, 6.07) is -1.04. The SMILES string of the molecule is COCc1nc(C)nc(N(C(=O)NCl)S(=O)O)n1. The zero-order chi connectivity index (χ0) is 13.7. The molecule has 0 bridgehead atoms. The summed E-state index contributed by atoms with van der Waals surface area (Å²) >= 11 is 2.44. The van der Waals surface area contributed by atoms with Gasteiger partial charge in [0.25, 0.3) is 17.2 Å². The van der Waals surface area contributed by atoms with E-state index in [0.29, 0.717) is 4.31 Å². The van der Waals surface area contributed by atoms with E-state index in [4.69, 9.17) is 21.1 Å². The third-order valence-corrected chi connectivity index (χ3v) is 2.46. The first kappa shape index (κ1) is 14.7. The van der Waals surface area contributed by atoms with Crippen molar-refractivity contribution in [2.45, 2.75) is 13.5 Å². The first-order chi connectivity index (χ1) is 8.49. The van der Waals surface area contributed by atoms with Gasteiger partial charge in [-0.2, -0.15) is 14.3 Å². The predicted octanol–water partition coefficient (Wildman–Crippen LogP) is 0.133. The standard InChI is InChI=1S/C7H10ClN5O4S/c1-4-9-5(3-17-2)11-6(10-4)13(18(15)16)7(14)12-8/h3H2,1-2H3,(H,12,14)(H,15,16). The molecule has 0 aliphatic rings. The number of hydrogen-bond acceptors (Lipinski definition) is 6. The van der Waals surface area contributed by atoms with Crippen molar-refractivity contribution >= 4 is 35.0 Å². The van der Waals surface area contributed by atoms with E-state index in [1.807, 2.05) is 0 Å². The fourth-order valence-corrected chi connectivity index (χ4v) is 1.62. The zero-order valence-electron chi connectivity index (χ0n) is 9.45. The molecule has 18 heavy (non-hydrogen) atoms. The summed E-state index contributed by atoms with van der Waals surface area (Å²) in [7, 11) is 1.44. The number of rotatable bonds is 4. The van der Waals surface area contributed by atoms with Crippen LogP contribution in [-0.4, -0.2) is 36.9 Å². The number of nitrogens with one attached hydrogen (secondary N) is 1. The average molecular weight is 296 g/mol. The Labute approximate surface area is 110 Å². The molecule has 0 fully saturated rings. The highest BCUT2D eigenvalue weighted by Gasteiger charge is 2.24. The van der Waals surface area contributed by atoms with Crippen LogP contribution in [0.15, 0.2) is 0 Å². The van der Waals surface area contributed by atoms with Gasteiger partial charge in [0.1, 0.15) is 12.4 Å². The van der Waals surface area contributed by atoms with E-state index in [-0.39, 0.29) is 24.2 Å². The molecule has 100 valence electrons. The number of carbonyl (C=O) groups excluding carboxylic acids is 1. The van der Waals surface area contributed by atoms with Crippen molar-refractivity contribution in [3.8, 4) is 0 Å². The third kappa shape index (κ3) is 3.57. The molecule has 0 aliphatic heterocycles. The molecule has 1 aromatic heterocycles. The number of anilines is 1. The summed E-state index contributed by atoms with van der Waals surface area (Å²) in [5.74, 6) is 0.191. The first-order valence-corrected chi connectivity index (χ1v) is 5.96. The van der Waals surface area contributed by atoms with Gasteiger partial charge in [-0.3, -0.25) is 4.55 Å². The van der Waals surface area contributed by atoms with Gasteiger partial charge >= 0.3 is 6.03 Å². The van der Waals surface area contributed by atoms with Crippen LogP contribution >= 0.6 is 11.8 Å². The summed E-state index contributed by atoms with van der Waals surface area (Å²) in [6.07, 6.45) is 0. The summed E-state index contributed by atoms with van der Waals surface area (Å²) in [6.45, 7) is 1.62. The number of carbonyl (C=O) groups is 1. The summed E-state index contributed by atoms with van der Waals surface area (Å²) in [5.41, 5.74) is 0. The number of hydrogen-bond donors (Lipinski definition) is 2. The summed E-state index contributed by atoms with van der Waals surface area (Å²) in [5, 5.41) is 0. The van der Waals surface area contributed by atoms with Gasteiger partial charge in [-0.15, -0.1) is 0 Å². The molecule has 2 N–H and O–H groups in total. The van der Waals surface area contributed by atoms with E-state index in [9.17, 15) is 9.00 Å². The van der Waals surface area contributed by atoms with Crippen LogP contribution in [0.4, 0.5) is 10.7 Å². The number of aryl methyl sites for hydroxylation is 1. The molecule has 1 atom stereocenters. The van der Waals surface area contributed by atoms with E-state index < -0.39 is 17.3 Å². The van der Waals surface area contributed by atoms with Crippen LogP contribution in [0.5, 0.6) is 0 Å². The molecule has 0 saturated heterocycles. The predicted molar refractivity (Wildman–Crippen MR) is 62.9 cm³/mol. The Morgan fingerprint density at radius 2 is 2.22 bits per heavy atom. The van der Waals surface area contributed by atoms with Crippen LogP contribution in [0.2, 0.25) is 0 Å². The molecule has 1 rings (SSSR count). The van der Waals surface area contributed by atoms with Crippen molar-refractivity contribution < 1.29 is 18.3 Å². The molecule has 9 nitrogen and oxygen atoms in total. The van der Waals surface area contributed by atoms with Crippen LogP contribution < -0.4 is 9.14 Å². The van der Waals surface area contributed by atoms with Crippen LogP contribution in [0.25, 0.3) is 0 Å². The summed E-state index contributed by atoms with van der Waals surface area (Å²) in [4.78, 5) is 24.6. The van der Waals surface area contributed by atoms with E-state index in [1.54, 1.807) is 11.8 Å². The Hall–Kier alpha value is -1.36. The molecule has 1 aromatic rings. The highest BCUT2D eigenvalue weighted by atomic mass is 35.5. The van der Waals surface area contributed by atoms with Gasteiger partial charge in [-0.05, 0) is 6.92 Å². The molecular weight excluding hydrogens is 286 g/mol. The van der Waals surface area contributed by atoms with Gasteiger partial charge in [0.2, 0.25) is 0 Å². The second-order valence-corrected chi connectivity index (χ2v) is 3.97. The Morgan fingerprint density at radius 1 is 1.56 bits per heavy atom. The maximum absolute atomic E-state index is 11.3. The van der Waals surface area contributed by atoms with Gasteiger partial charge in [0.15, 0.2) is 5.82 Å². The van der Waals surface area contributed by atoms with Crippen molar-refractivity contribution in [2.75, 3.05) is 11.4 Å². The highest BCUT2D eigenvalue weighted by Crippen LogP contribution is 2.11. The number of nitrogens with zero attached hydrogens (tertiary/aromatic N) is 4. The molecule has 0 spiro atoms. The van der Waals surface area contributed by atoms with Crippen molar-refractivity contribution in [3.63, 3.8) is 0 Å². The van der Waals surface area contributed by atoms with Gasteiger partial charge in [-0.25, -0.2) is 18.8 Å². The zero-order valence-corrected chi connectivity index (χ0v) is 11.0. The van der Waals surface area contributed by atoms with Gasteiger partial charge in [0.05, 0.1) is 0 Å². The fourth-order valence-electron chi connectivity index (χ4n) is 1.08. The molecule has 0 aromatic carbocycles. The van der Waals surface area contributed by atoms with Gasteiger partial charge < -0.3 is 4.74 Å². The van der Waals surface area contributed by atoms with Crippen LogP contribution in [-0.2, 0) is 22.6 Å². The van der Waals surface area contributed by atoms with Crippen molar-refractivity contribution in [3.05, 3.63) is 11.6 Å². The van der Waals surface area contributed by atoms with Crippen LogP contribution in [0.3, 0.4) is 0 Å². The minimum absolute atomic E-state index is 0.0742. The molecule has 0 saturated carbocycles. The van der Waals surface area contributed by atoms with E-state index in [2.05, 4.69) is 15.0 Å². The molecule has 0 aliphatic carbocycles. The van der Waals surface area contributed by atoms with Crippen molar-refractivity contribution in [2.24, 2.45) is 0 Å². The Morgan fingerprint density at radius 3 is 2.72 bits per heavy atom. The molecule has 1 heterocycles. The monoisotopic (exact) mass is 295 g/mol. The van der Waals surface area contributed by atoms with E-state index in [0.717, 1.165) is 0 Å². The smallest absolute Gasteiger partial charge is 0.352 e. The highest BCUT2D eigenvalue weighted by molar-refractivity contribution is 7.81. The van der Waals surface area contributed by atoms with Crippen molar-refractivity contribution in [1.29, 1.82) is 0 Å². The minimum atomic E-state index is -2.66. The lowest BCUT2D eigenvalue weighted by atomic mass is 10.6. The number of methoxy groups -OCH3 is 1. The first-order valence-electron chi connectivity index (χ1n) is 4.51. The largest absolute Gasteiger partial charge is 0.377 e. The van der Waals surface area contributed by atoms with Gasteiger partial charge in [0, 0.05) is 18.9 Å². The fraction of sp³-hybridized carbons (Fsp3) is 0.429. The third-order valence-electron chi connectivity index (χ3n) is 1.66. The number of aromatic nitrogens is 3. The number of amides is 2. The van der Waals surface area contributed by atoms with Gasteiger partial charge in [-0.1, -0.05) is 0 Å². The average Bonchev–Trinajstić information content (AvgIpc) is 2.28. The molecule has 0 radical (unpaired) electrons. The number of urea groups is 1. The van der Waals surface area contributed by atoms with Crippen LogP contribution in [0.1, 0.15) is 11.6 Å². The second kappa shape index (κ2) is 6.54. The molecular formula is C7H10ClN5O4S. The number of halogens is 1. The normalized spacial score (nSPS) is 12.0. The summed E-state index contributed by atoms with van der Waals surface area (Å²) < 4.78 is 25.3. The number of ether oxygens (including phenoxy) is 1. The topological polar surface area (TPSA) is 118 Å². The lowest BCUT2D eigenvalue weighted by Crippen LogP contribution is -2.38.